The molecular formula is C11H11F3O. The van der Waals surface area contributed by atoms with Gasteiger partial charge in [0.2, 0.25) is 0 Å². The highest BCUT2D eigenvalue weighted by atomic mass is 19.4. The van der Waals surface area contributed by atoms with Crippen molar-refractivity contribution in [3.8, 4) is 0 Å². The normalized spacial score (nSPS) is 26.1. The van der Waals surface area contributed by atoms with Crippen molar-refractivity contribution < 1.29 is 17.9 Å². The van der Waals surface area contributed by atoms with Crippen LogP contribution in [0.5, 0.6) is 0 Å². The summed E-state index contributed by atoms with van der Waals surface area (Å²) in [7, 11) is 0. The first-order valence-electron chi connectivity index (χ1n) is 4.78. The van der Waals surface area contributed by atoms with Crippen LogP contribution in [0.3, 0.4) is 0 Å². The summed E-state index contributed by atoms with van der Waals surface area (Å²) in [6.07, 6.45) is -4.30. The van der Waals surface area contributed by atoms with Gasteiger partial charge in [-0.15, -0.1) is 0 Å². The Kier molecular flexibility index (Phi) is 2.46. The molecule has 82 valence electrons. The predicted molar refractivity (Wildman–Crippen MR) is 49.5 cm³/mol. The van der Waals surface area contributed by atoms with Crippen LogP contribution in [0.1, 0.15) is 12.0 Å². The highest BCUT2D eigenvalue weighted by Gasteiger charge is 2.59. The van der Waals surface area contributed by atoms with Crippen LogP contribution in [0.4, 0.5) is 13.2 Å². The highest BCUT2D eigenvalue weighted by molar-refractivity contribution is 5.19. The van der Waals surface area contributed by atoms with Crippen LogP contribution in [0, 0.1) is 0 Å². The largest absolute Gasteiger partial charge is 0.417 e. The minimum Gasteiger partial charge on any atom is -0.365 e. The molecule has 1 fully saturated rings. The van der Waals surface area contributed by atoms with Gasteiger partial charge in [0.15, 0.2) is 5.60 Å². The smallest absolute Gasteiger partial charge is 0.365 e. The van der Waals surface area contributed by atoms with Crippen molar-refractivity contribution in [3.63, 3.8) is 0 Å². The van der Waals surface area contributed by atoms with E-state index in [-0.39, 0.29) is 19.4 Å². The van der Waals surface area contributed by atoms with Gasteiger partial charge in [-0.1, -0.05) is 30.3 Å². The Hall–Kier alpha value is -1.03. The molecular weight excluding hydrogens is 205 g/mol. The van der Waals surface area contributed by atoms with Gasteiger partial charge < -0.3 is 4.74 Å². The minimum absolute atomic E-state index is 0.0609. The van der Waals surface area contributed by atoms with Gasteiger partial charge in [0, 0.05) is 12.8 Å². The van der Waals surface area contributed by atoms with E-state index in [1.165, 1.54) is 0 Å². The van der Waals surface area contributed by atoms with Gasteiger partial charge in [-0.3, -0.25) is 0 Å². The highest BCUT2D eigenvalue weighted by Crippen LogP contribution is 2.44. The molecule has 1 aromatic carbocycles. The Morgan fingerprint density at radius 1 is 1.20 bits per heavy atom. The second-order valence-corrected chi connectivity index (χ2v) is 3.75. The Morgan fingerprint density at radius 3 is 2.20 bits per heavy atom. The molecule has 1 atom stereocenters. The quantitative estimate of drug-likeness (QED) is 0.738. The lowest BCUT2D eigenvalue weighted by Crippen LogP contribution is -2.57. The van der Waals surface area contributed by atoms with Crippen molar-refractivity contribution in [1.29, 1.82) is 0 Å². The molecule has 1 saturated heterocycles. The number of benzene rings is 1. The number of hydrogen-bond donors (Lipinski definition) is 0. The zero-order valence-corrected chi connectivity index (χ0v) is 8.05. The van der Waals surface area contributed by atoms with Crippen LogP contribution < -0.4 is 0 Å². The van der Waals surface area contributed by atoms with Gasteiger partial charge in [0.25, 0.3) is 0 Å². The molecule has 1 aromatic rings. The van der Waals surface area contributed by atoms with Crippen LogP contribution in [0.25, 0.3) is 0 Å². The molecule has 0 spiro atoms. The first kappa shape index (κ1) is 10.5. The van der Waals surface area contributed by atoms with Crippen LogP contribution >= 0.6 is 0 Å². The first-order chi connectivity index (χ1) is 7.04. The third kappa shape index (κ3) is 1.86. The molecule has 0 radical (unpaired) electrons. The Morgan fingerprint density at radius 2 is 1.80 bits per heavy atom. The third-order valence-corrected chi connectivity index (χ3v) is 2.73. The Bertz CT molecular complexity index is 327. The van der Waals surface area contributed by atoms with Gasteiger partial charge in [0.1, 0.15) is 0 Å². The van der Waals surface area contributed by atoms with E-state index in [0.29, 0.717) is 5.56 Å². The summed E-state index contributed by atoms with van der Waals surface area (Å²) >= 11 is 0. The van der Waals surface area contributed by atoms with Gasteiger partial charge in [-0.05, 0) is 5.56 Å². The van der Waals surface area contributed by atoms with Crippen molar-refractivity contribution in [2.75, 3.05) is 6.61 Å². The molecule has 0 amide bonds. The number of alkyl halides is 3. The van der Waals surface area contributed by atoms with E-state index in [0.717, 1.165) is 0 Å². The lowest BCUT2D eigenvalue weighted by atomic mass is 9.87. The van der Waals surface area contributed by atoms with Crippen molar-refractivity contribution >= 4 is 0 Å². The maximum Gasteiger partial charge on any atom is 0.417 e. The topological polar surface area (TPSA) is 9.23 Å². The maximum atomic E-state index is 12.7. The molecule has 1 heterocycles. The molecule has 0 N–H and O–H groups in total. The monoisotopic (exact) mass is 216 g/mol. The second kappa shape index (κ2) is 3.52. The van der Waals surface area contributed by atoms with Gasteiger partial charge >= 0.3 is 6.18 Å². The van der Waals surface area contributed by atoms with Crippen LogP contribution in [0.2, 0.25) is 0 Å². The number of rotatable bonds is 2. The zero-order chi connectivity index (χ0) is 10.9. The first-order valence-corrected chi connectivity index (χ1v) is 4.78. The molecule has 0 saturated carbocycles. The molecule has 1 aliphatic rings. The molecule has 0 aromatic heterocycles. The summed E-state index contributed by atoms with van der Waals surface area (Å²) in [4.78, 5) is 0. The van der Waals surface area contributed by atoms with Crippen LogP contribution in [-0.2, 0) is 11.2 Å². The van der Waals surface area contributed by atoms with Gasteiger partial charge in [0.05, 0.1) is 6.61 Å². The zero-order valence-electron chi connectivity index (χ0n) is 8.05. The van der Waals surface area contributed by atoms with Crippen LogP contribution in [-0.4, -0.2) is 18.4 Å². The lowest BCUT2D eigenvalue weighted by Gasteiger charge is -2.43. The fraction of sp³-hybridized carbons (Fsp3) is 0.455. The average molecular weight is 216 g/mol. The summed E-state index contributed by atoms with van der Waals surface area (Å²) in [6, 6.07) is 8.63. The van der Waals surface area contributed by atoms with E-state index in [1.807, 2.05) is 0 Å². The summed E-state index contributed by atoms with van der Waals surface area (Å²) in [5, 5.41) is 0. The Balaban J connectivity index is 2.16. The maximum absolute atomic E-state index is 12.7. The summed E-state index contributed by atoms with van der Waals surface area (Å²) in [5.41, 5.74) is -1.27. The fourth-order valence-electron chi connectivity index (χ4n) is 1.74. The van der Waals surface area contributed by atoms with E-state index in [4.69, 9.17) is 4.74 Å². The minimum atomic E-state index is -4.28. The van der Waals surface area contributed by atoms with Gasteiger partial charge in [-0.25, -0.2) is 0 Å². The van der Waals surface area contributed by atoms with E-state index in [2.05, 4.69) is 0 Å². The molecule has 0 aliphatic carbocycles. The average Bonchev–Trinajstić information content (AvgIpc) is 2.11. The lowest BCUT2D eigenvalue weighted by molar-refractivity contribution is -0.324. The second-order valence-electron chi connectivity index (χ2n) is 3.75. The molecule has 1 aliphatic heterocycles. The SMILES string of the molecule is FC(F)(F)C1(Cc2ccccc2)CCO1. The number of halogens is 3. The predicted octanol–water partition coefficient (Wildman–Crippen LogP) is 2.95. The molecule has 15 heavy (non-hydrogen) atoms. The van der Waals surface area contributed by atoms with E-state index in [1.54, 1.807) is 30.3 Å². The van der Waals surface area contributed by atoms with Crippen molar-refractivity contribution in [1.82, 2.24) is 0 Å². The molecule has 1 nitrogen and oxygen atoms in total. The summed E-state index contributed by atoms with van der Waals surface area (Å²) in [5.74, 6) is 0. The third-order valence-electron chi connectivity index (χ3n) is 2.73. The number of hydrogen-bond acceptors (Lipinski definition) is 1. The molecule has 2 rings (SSSR count). The van der Waals surface area contributed by atoms with E-state index in [9.17, 15) is 13.2 Å². The van der Waals surface area contributed by atoms with Crippen molar-refractivity contribution in [2.24, 2.45) is 0 Å². The summed E-state index contributed by atoms with van der Waals surface area (Å²) in [6.45, 7) is 0.201. The molecule has 0 bridgehead atoms. The van der Waals surface area contributed by atoms with E-state index < -0.39 is 11.8 Å². The van der Waals surface area contributed by atoms with Crippen molar-refractivity contribution in [3.05, 3.63) is 35.9 Å². The van der Waals surface area contributed by atoms with Crippen LogP contribution in [0.15, 0.2) is 30.3 Å². The number of ether oxygens (including phenoxy) is 1. The van der Waals surface area contributed by atoms with Crippen molar-refractivity contribution in [2.45, 2.75) is 24.6 Å². The summed E-state index contributed by atoms with van der Waals surface area (Å²) < 4.78 is 42.9. The standard InChI is InChI=1S/C11H11F3O/c12-11(13,14)10(6-7-15-10)8-9-4-2-1-3-5-9/h1-5H,6-8H2. The molecule has 1 unspecified atom stereocenters. The van der Waals surface area contributed by atoms with Gasteiger partial charge in [-0.2, -0.15) is 13.2 Å². The Labute approximate surface area is 85.9 Å². The fourth-order valence-corrected chi connectivity index (χ4v) is 1.74. The van der Waals surface area contributed by atoms with E-state index >= 15 is 0 Å². The molecule has 4 heteroatoms.